The molecule has 2 aromatic rings. The van der Waals surface area contributed by atoms with Crippen LogP contribution in [0.15, 0.2) is 36.8 Å². The number of carbonyl (C=O) groups excluding carboxylic acids is 1. The second-order valence-corrected chi connectivity index (χ2v) is 5.46. The number of aromatic nitrogens is 3. The minimum atomic E-state index is -0.0875. The molecule has 0 spiro atoms. The van der Waals surface area contributed by atoms with Gasteiger partial charge < -0.3 is 5.32 Å². The van der Waals surface area contributed by atoms with Crippen LogP contribution in [0.1, 0.15) is 54.3 Å². The van der Waals surface area contributed by atoms with Crippen molar-refractivity contribution in [2.24, 2.45) is 0 Å². The van der Waals surface area contributed by atoms with Crippen LogP contribution in [0.25, 0.3) is 6.08 Å². The molecular weight excluding hydrogens is 288 g/mol. The second-order valence-electron chi connectivity index (χ2n) is 5.46. The quantitative estimate of drug-likeness (QED) is 0.852. The molecule has 1 N–H and O–H groups in total. The molecule has 2 heterocycles. The van der Waals surface area contributed by atoms with Gasteiger partial charge in [-0.05, 0) is 31.4 Å². The molecule has 5 nitrogen and oxygen atoms in total. The number of nitrogens with one attached hydrogen (secondary N) is 1. The fourth-order valence-corrected chi connectivity index (χ4v) is 2.57. The van der Waals surface area contributed by atoms with Gasteiger partial charge in [-0.3, -0.25) is 14.5 Å². The number of carbonyl (C=O) groups is 1. The average Bonchev–Trinajstić information content (AvgIpc) is 2.95. The Balaban J connectivity index is 1.95. The van der Waals surface area contributed by atoms with Crippen LogP contribution in [-0.2, 0) is 0 Å². The highest BCUT2D eigenvalue weighted by Gasteiger charge is 2.17. The largest absolute Gasteiger partial charge is 0.348 e. The topological polar surface area (TPSA) is 59.8 Å². The van der Waals surface area contributed by atoms with Gasteiger partial charge >= 0.3 is 0 Å². The second kappa shape index (κ2) is 8.27. The molecule has 0 aliphatic heterocycles. The number of rotatable bonds is 7. The molecular formula is C18H24N4O. The van der Waals surface area contributed by atoms with Gasteiger partial charge in [-0.2, -0.15) is 5.10 Å². The van der Waals surface area contributed by atoms with Gasteiger partial charge in [0.25, 0.3) is 5.91 Å². The molecule has 122 valence electrons. The third-order valence-electron chi connectivity index (χ3n) is 3.95. The van der Waals surface area contributed by atoms with Crippen molar-refractivity contribution >= 4 is 12.0 Å². The average molecular weight is 312 g/mol. The molecule has 0 radical (unpaired) electrons. The lowest BCUT2D eigenvalue weighted by Gasteiger charge is -2.15. The maximum Gasteiger partial charge on any atom is 0.254 e. The van der Waals surface area contributed by atoms with Gasteiger partial charge in [0, 0.05) is 24.6 Å². The van der Waals surface area contributed by atoms with Crippen molar-refractivity contribution in [2.45, 2.75) is 39.7 Å². The number of hydrogen-bond donors (Lipinski definition) is 1. The van der Waals surface area contributed by atoms with E-state index >= 15 is 0 Å². The Morgan fingerprint density at radius 1 is 1.35 bits per heavy atom. The first-order valence-electron chi connectivity index (χ1n) is 8.06. The van der Waals surface area contributed by atoms with Crippen molar-refractivity contribution in [2.75, 3.05) is 6.54 Å². The molecule has 0 saturated heterocycles. The van der Waals surface area contributed by atoms with Crippen LogP contribution >= 0.6 is 0 Å². The minimum absolute atomic E-state index is 0.0875. The SMILES string of the molecule is CCC(CC)n1ncc(C(=O)NCC=Cc2cccnc2)c1C. The summed E-state index contributed by atoms with van der Waals surface area (Å²) in [6.07, 6.45) is 11.0. The molecule has 0 fully saturated rings. The minimum Gasteiger partial charge on any atom is -0.348 e. The van der Waals surface area contributed by atoms with E-state index < -0.39 is 0 Å². The molecule has 0 aliphatic rings. The highest BCUT2D eigenvalue weighted by Crippen LogP contribution is 2.19. The summed E-state index contributed by atoms with van der Waals surface area (Å²) in [6, 6.07) is 4.20. The number of amides is 1. The molecule has 0 atom stereocenters. The van der Waals surface area contributed by atoms with Crippen molar-refractivity contribution in [3.8, 4) is 0 Å². The van der Waals surface area contributed by atoms with Gasteiger partial charge in [0.2, 0.25) is 0 Å². The Morgan fingerprint density at radius 3 is 2.78 bits per heavy atom. The Hall–Kier alpha value is -2.43. The van der Waals surface area contributed by atoms with Crippen LogP contribution in [0.5, 0.6) is 0 Å². The van der Waals surface area contributed by atoms with Crippen molar-refractivity contribution in [3.05, 3.63) is 53.6 Å². The summed E-state index contributed by atoms with van der Waals surface area (Å²) in [5, 5.41) is 7.28. The van der Waals surface area contributed by atoms with E-state index in [9.17, 15) is 4.79 Å². The Labute approximate surface area is 137 Å². The van der Waals surface area contributed by atoms with Crippen LogP contribution in [0, 0.1) is 6.92 Å². The highest BCUT2D eigenvalue weighted by molar-refractivity contribution is 5.95. The summed E-state index contributed by atoms with van der Waals surface area (Å²) in [5.41, 5.74) is 2.58. The van der Waals surface area contributed by atoms with E-state index in [1.807, 2.05) is 35.9 Å². The van der Waals surface area contributed by atoms with Crippen molar-refractivity contribution < 1.29 is 4.79 Å². The van der Waals surface area contributed by atoms with Crippen molar-refractivity contribution in [3.63, 3.8) is 0 Å². The Kier molecular flexibility index (Phi) is 6.09. The number of nitrogens with zero attached hydrogens (tertiary/aromatic N) is 3. The monoisotopic (exact) mass is 312 g/mol. The molecule has 5 heteroatoms. The zero-order valence-corrected chi connectivity index (χ0v) is 14.0. The Bertz CT molecular complexity index is 657. The summed E-state index contributed by atoms with van der Waals surface area (Å²) in [5.74, 6) is -0.0875. The first-order chi connectivity index (χ1) is 11.2. The van der Waals surface area contributed by atoms with E-state index in [4.69, 9.17) is 0 Å². The van der Waals surface area contributed by atoms with Crippen molar-refractivity contribution in [1.29, 1.82) is 0 Å². The summed E-state index contributed by atoms with van der Waals surface area (Å²) in [6.45, 7) is 6.70. The molecule has 2 rings (SSSR count). The zero-order valence-electron chi connectivity index (χ0n) is 14.0. The molecule has 0 aromatic carbocycles. The first-order valence-corrected chi connectivity index (χ1v) is 8.06. The van der Waals surface area contributed by atoms with Crippen LogP contribution in [0.2, 0.25) is 0 Å². The maximum absolute atomic E-state index is 12.3. The van der Waals surface area contributed by atoms with Gasteiger partial charge in [0.05, 0.1) is 17.8 Å². The molecule has 0 unspecified atom stereocenters. The van der Waals surface area contributed by atoms with E-state index in [-0.39, 0.29) is 5.91 Å². The number of hydrogen-bond acceptors (Lipinski definition) is 3. The smallest absolute Gasteiger partial charge is 0.254 e. The van der Waals surface area contributed by atoms with Crippen LogP contribution in [0.3, 0.4) is 0 Å². The van der Waals surface area contributed by atoms with E-state index in [0.29, 0.717) is 18.2 Å². The van der Waals surface area contributed by atoms with Gasteiger partial charge in [0.15, 0.2) is 0 Å². The van der Waals surface area contributed by atoms with E-state index in [2.05, 4.69) is 29.2 Å². The van der Waals surface area contributed by atoms with Crippen LogP contribution in [0.4, 0.5) is 0 Å². The summed E-state index contributed by atoms with van der Waals surface area (Å²) >= 11 is 0. The number of pyridine rings is 1. The van der Waals surface area contributed by atoms with Gasteiger partial charge in [-0.1, -0.05) is 32.1 Å². The molecule has 1 amide bonds. The van der Waals surface area contributed by atoms with Crippen LogP contribution in [-0.4, -0.2) is 27.2 Å². The Morgan fingerprint density at radius 2 is 2.13 bits per heavy atom. The molecule has 23 heavy (non-hydrogen) atoms. The predicted octanol–water partition coefficient (Wildman–Crippen LogP) is 3.39. The lowest BCUT2D eigenvalue weighted by molar-refractivity contribution is 0.0957. The van der Waals surface area contributed by atoms with Gasteiger partial charge in [0.1, 0.15) is 0 Å². The standard InChI is InChI=1S/C18H24N4O/c1-4-16(5-2)22-14(3)17(13-21-22)18(23)20-11-7-9-15-8-6-10-19-12-15/h6-10,12-13,16H,4-5,11H2,1-3H3,(H,20,23). The van der Waals surface area contributed by atoms with E-state index in [1.165, 1.54) is 0 Å². The molecule has 0 saturated carbocycles. The first kappa shape index (κ1) is 16.9. The predicted molar refractivity (Wildman–Crippen MR) is 92.2 cm³/mol. The molecule has 2 aromatic heterocycles. The van der Waals surface area contributed by atoms with Gasteiger partial charge in [-0.15, -0.1) is 0 Å². The van der Waals surface area contributed by atoms with E-state index in [0.717, 1.165) is 24.1 Å². The molecule has 0 aliphatic carbocycles. The third-order valence-corrected chi connectivity index (χ3v) is 3.95. The lowest BCUT2D eigenvalue weighted by Crippen LogP contribution is -2.24. The summed E-state index contributed by atoms with van der Waals surface area (Å²) in [7, 11) is 0. The third kappa shape index (κ3) is 4.28. The normalized spacial score (nSPS) is 11.3. The van der Waals surface area contributed by atoms with Gasteiger partial charge in [-0.25, -0.2) is 0 Å². The highest BCUT2D eigenvalue weighted by atomic mass is 16.1. The fourth-order valence-electron chi connectivity index (χ4n) is 2.57. The fraction of sp³-hybridized carbons (Fsp3) is 0.389. The molecule has 0 bridgehead atoms. The summed E-state index contributed by atoms with van der Waals surface area (Å²) in [4.78, 5) is 16.3. The zero-order chi connectivity index (χ0) is 16.7. The van der Waals surface area contributed by atoms with E-state index in [1.54, 1.807) is 18.6 Å². The van der Waals surface area contributed by atoms with Crippen molar-refractivity contribution in [1.82, 2.24) is 20.1 Å². The lowest BCUT2D eigenvalue weighted by atomic mass is 10.1. The maximum atomic E-state index is 12.3. The van der Waals surface area contributed by atoms with Crippen LogP contribution < -0.4 is 5.32 Å². The summed E-state index contributed by atoms with van der Waals surface area (Å²) < 4.78 is 1.96.